The van der Waals surface area contributed by atoms with Crippen molar-refractivity contribution in [1.29, 1.82) is 0 Å². The zero-order valence-corrected chi connectivity index (χ0v) is 16.6. The molecule has 140 valence electrons. The highest BCUT2D eigenvalue weighted by Crippen LogP contribution is 2.31. The molecule has 0 bridgehead atoms. The van der Waals surface area contributed by atoms with Gasteiger partial charge in [-0.05, 0) is 37.3 Å². The summed E-state index contributed by atoms with van der Waals surface area (Å²) in [7, 11) is 0. The number of para-hydroxylation sites is 2. The minimum absolute atomic E-state index is 0.113. The highest BCUT2D eigenvalue weighted by atomic mass is 32.2. The molecule has 0 fully saturated rings. The monoisotopic (exact) mass is 401 g/mol. The van der Waals surface area contributed by atoms with Crippen molar-refractivity contribution in [2.75, 3.05) is 23.0 Å². The lowest BCUT2D eigenvalue weighted by Crippen LogP contribution is -2.14. The molecule has 0 saturated carbocycles. The smallest absolute Gasteiger partial charge is 0.234 e. The van der Waals surface area contributed by atoms with Crippen LogP contribution in [0.2, 0.25) is 0 Å². The highest BCUT2D eigenvalue weighted by molar-refractivity contribution is 8.01. The average Bonchev–Trinajstić information content (AvgIpc) is 3.03. The van der Waals surface area contributed by atoms with Gasteiger partial charge in [0.1, 0.15) is 5.75 Å². The molecule has 8 heteroatoms. The van der Waals surface area contributed by atoms with Gasteiger partial charge in [-0.15, -0.1) is 11.3 Å². The van der Waals surface area contributed by atoms with Gasteiger partial charge >= 0.3 is 0 Å². The van der Waals surface area contributed by atoms with Crippen LogP contribution in [0.4, 0.5) is 11.4 Å². The Kier molecular flexibility index (Phi) is 6.31. The van der Waals surface area contributed by atoms with Crippen molar-refractivity contribution in [3.63, 3.8) is 0 Å². The number of hydrogen-bond donors (Lipinski definition) is 2. The second kappa shape index (κ2) is 8.88. The molecule has 1 heterocycles. The maximum atomic E-state index is 12.3. The topological polar surface area (TPSA) is 80.3 Å². The van der Waals surface area contributed by atoms with Crippen LogP contribution in [0.5, 0.6) is 5.75 Å². The number of anilines is 2. The van der Waals surface area contributed by atoms with Crippen LogP contribution in [-0.4, -0.2) is 29.2 Å². The summed E-state index contributed by atoms with van der Waals surface area (Å²) in [5.41, 5.74) is 2.24. The third-order valence-corrected chi connectivity index (χ3v) is 5.64. The lowest BCUT2D eigenvalue weighted by Gasteiger charge is -2.10. The molecular weight excluding hydrogens is 382 g/mol. The minimum atomic E-state index is -0.120. The van der Waals surface area contributed by atoms with Gasteiger partial charge in [-0.25, -0.2) is 4.98 Å². The number of nitrogens with zero attached hydrogens (tertiary/aromatic N) is 1. The van der Waals surface area contributed by atoms with E-state index in [2.05, 4.69) is 15.6 Å². The summed E-state index contributed by atoms with van der Waals surface area (Å²) in [4.78, 5) is 28.0. The van der Waals surface area contributed by atoms with E-state index in [1.165, 1.54) is 30.0 Å². The van der Waals surface area contributed by atoms with Crippen molar-refractivity contribution in [3.05, 3.63) is 42.5 Å². The summed E-state index contributed by atoms with van der Waals surface area (Å²) in [5, 5.41) is 5.63. The maximum absolute atomic E-state index is 12.3. The summed E-state index contributed by atoms with van der Waals surface area (Å²) >= 11 is 2.87. The molecule has 0 saturated heterocycles. The van der Waals surface area contributed by atoms with Crippen LogP contribution < -0.4 is 15.4 Å². The van der Waals surface area contributed by atoms with E-state index in [1.54, 1.807) is 0 Å². The number of hydrogen-bond acceptors (Lipinski definition) is 6. The first-order chi connectivity index (χ1) is 13.0. The van der Waals surface area contributed by atoms with E-state index in [1.807, 2.05) is 49.4 Å². The molecule has 0 spiro atoms. The Morgan fingerprint density at radius 2 is 2.00 bits per heavy atom. The Morgan fingerprint density at radius 3 is 2.78 bits per heavy atom. The standard InChI is InChI=1S/C19H19N3O3S2/c1-3-25-16-7-5-4-6-14(16)21-18(24)11-26-19-22-15-9-8-13(20-12(2)23)10-17(15)27-19/h4-10H,3,11H2,1-2H3,(H,20,23)(H,21,24). The van der Waals surface area contributed by atoms with Gasteiger partial charge in [-0.2, -0.15) is 0 Å². The van der Waals surface area contributed by atoms with Gasteiger partial charge in [0.05, 0.1) is 28.3 Å². The minimum Gasteiger partial charge on any atom is -0.492 e. The van der Waals surface area contributed by atoms with Gasteiger partial charge in [-0.3, -0.25) is 9.59 Å². The third kappa shape index (κ3) is 5.21. The number of carbonyl (C=O) groups is 2. The fourth-order valence-electron chi connectivity index (χ4n) is 2.41. The summed E-state index contributed by atoms with van der Waals surface area (Å²) in [6.07, 6.45) is 0. The van der Waals surface area contributed by atoms with E-state index in [9.17, 15) is 9.59 Å². The number of nitrogens with one attached hydrogen (secondary N) is 2. The van der Waals surface area contributed by atoms with Crippen molar-refractivity contribution in [2.24, 2.45) is 0 Å². The molecule has 0 radical (unpaired) electrons. The number of carbonyl (C=O) groups excluding carboxylic acids is 2. The highest BCUT2D eigenvalue weighted by Gasteiger charge is 2.11. The molecule has 2 aromatic carbocycles. The van der Waals surface area contributed by atoms with Crippen molar-refractivity contribution in [2.45, 2.75) is 18.2 Å². The fourth-order valence-corrected chi connectivity index (χ4v) is 4.32. The Hall–Kier alpha value is -2.58. The molecule has 1 aromatic heterocycles. The van der Waals surface area contributed by atoms with Crippen molar-refractivity contribution in [1.82, 2.24) is 4.98 Å². The molecule has 0 aliphatic carbocycles. The first-order valence-electron chi connectivity index (χ1n) is 8.38. The second-order valence-electron chi connectivity index (χ2n) is 5.61. The molecule has 27 heavy (non-hydrogen) atoms. The molecule has 0 aliphatic rings. The van der Waals surface area contributed by atoms with Gasteiger partial charge < -0.3 is 15.4 Å². The average molecular weight is 402 g/mol. The van der Waals surface area contributed by atoms with Crippen LogP contribution in [0.3, 0.4) is 0 Å². The first-order valence-corrected chi connectivity index (χ1v) is 10.2. The fraction of sp³-hybridized carbons (Fsp3) is 0.211. The number of ether oxygens (including phenoxy) is 1. The Labute approximate surface area is 165 Å². The molecule has 2 amide bonds. The Balaban J connectivity index is 1.62. The molecule has 3 aromatic rings. The van der Waals surface area contributed by atoms with Gasteiger partial charge in [0.15, 0.2) is 4.34 Å². The molecule has 0 unspecified atom stereocenters. The quantitative estimate of drug-likeness (QED) is 0.574. The lowest BCUT2D eigenvalue weighted by molar-refractivity contribution is -0.114. The normalized spacial score (nSPS) is 10.6. The zero-order valence-electron chi connectivity index (χ0n) is 14.9. The van der Waals surface area contributed by atoms with Crippen LogP contribution in [0, 0.1) is 0 Å². The predicted octanol–water partition coefficient (Wildman–Crippen LogP) is 4.38. The van der Waals surface area contributed by atoms with E-state index in [0.717, 1.165) is 20.2 Å². The number of fused-ring (bicyclic) bond motifs is 1. The summed E-state index contributed by atoms with van der Waals surface area (Å²) in [6.45, 7) is 3.91. The molecule has 3 rings (SSSR count). The largest absolute Gasteiger partial charge is 0.492 e. The van der Waals surface area contributed by atoms with Crippen LogP contribution >= 0.6 is 23.1 Å². The molecular formula is C19H19N3O3S2. The van der Waals surface area contributed by atoms with Crippen molar-refractivity contribution in [3.8, 4) is 5.75 Å². The number of aromatic nitrogens is 1. The number of thiazole rings is 1. The summed E-state index contributed by atoms with van der Waals surface area (Å²) in [6, 6.07) is 12.9. The van der Waals surface area contributed by atoms with Crippen LogP contribution in [0.15, 0.2) is 46.8 Å². The van der Waals surface area contributed by atoms with Gasteiger partial charge in [0.2, 0.25) is 11.8 Å². The van der Waals surface area contributed by atoms with E-state index >= 15 is 0 Å². The molecule has 0 aliphatic heterocycles. The number of benzene rings is 2. The summed E-state index contributed by atoms with van der Waals surface area (Å²) < 4.78 is 7.29. The van der Waals surface area contributed by atoms with E-state index in [4.69, 9.17) is 4.74 Å². The zero-order chi connectivity index (χ0) is 19.2. The third-order valence-electron chi connectivity index (χ3n) is 3.48. The number of rotatable bonds is 7. The molecule has 2 N–H and O–H groups in total. The lowest BCUT2D eigenvalue weighted by atomic mass is 10.3. The molecule has 0 atom stereocenters. The van der Waals surface area contributed by atoms with Crippen LogP contribution in [0.1, 0.15) is 13.8 Å². The van der Waals surface area contributed by atoms with E-state index in [-0.39, 0.29) is 17.6 Å². The van der Waals surface area contributed by atoms with E-state index < -0.39 is 0 Å². The molecule has 6 nitrogen and oxygen atoms in total. The maximum Gasteiger partial charge on any atom is 0.234 e. The Morgan fingerprint density at radius 1 is 1.19 bits per heavy atom. The summed E-state index contributed by atoms with van der Waals surface area (Å²) in [5.74, 6) is 0.672. The number of amides is 2. The van der Waals surface area contributed by atoms with Gasteiger partial charge in [0, 0.05) is 12.6 Å². The predicted molar refractivity (Wildman–Crippen MR) is 111 cm³/mol. The van der Waals surface area contributed by atoms with Gasteiger partial charge in [-0.1, -0.05) is 23.9 Å². The van der Waals surface area contributed by atoms with Crippen LogP contribution in [-0.2, 0) is 9.59 Å². The van der Waals surface area contributed by atoms with E-state index in [0.29, 0.717) is 18.0 Å². The first kappa shape index (κ1) is 19.2. The van der Waals surface area contributed by atoms with Crippen molar-refractivity contribution >= 4 is 56.5 Å². The van der Waals surface area contributed by atoms with Crippen LogP contribution in [0.25, 0.3) is 10.2 Å². The van der Waals surface area contributed by atoms with Gasteiger partial charge in [0.25, 0.3) is 0 Å². The number of thioether (sulfide) groups is 1. The second-order valence-corrected chi connectivity index (χ2v) is 7.86. The van der Waals surface area contributed by atoms with Crippen molar-refractivity contribution < 1.29 is 14.3 Å². The SMILES string of the molecule is CCOc1ccccc1NC(=O)CSc1nc2ccc(NC(C)=O)cc2s1. The Bertz CT molecular complexity index is 972.